The van der Waals surface area contributed by atoms with E-state index in [1.165, 1.54) is 19.2 Å². The molecule has 1 unspecified atom stereocenters. The minimum atomic E-state index is -0.471. The standard InChI is InChI=1S/C23H25FN2O3/c1-5-8-19(25-21(14(2)3)23(27)28-4)16-9-6-7-10-17(16)22-18-12-11-15(24)13-20(18)29-26-22/h5-7,9-14,19,21,25H,1,8H2,2-4H3/t19?,21-/m0/s1. The third-order valence-electron chi connectivity index (χ3n) is 4.93. The van der Waals surface area contributed by atoms with Crippen LogP contribution in [-0.4, -0.2) is 24.3 Å². The van der Waals surface area contributed by atoms with Crippen molar-refractivity contribution in [2.75, 3.05) is 7.11 Å². The van der Waals surface area contributed by atoms with Crippen molar-refractivity contribution in [2.24, 2.45) is 5.92 Å². The van der Waals surface area contributed by atoms with Gasteiger partial charge < -0.3 is 9.26 Å². The molecule has 0 saturated heterocycles. The molecule has 0 aliphatic rings. The second-order valence-corrected chi connectivity index (χ2v) is 7.25. The van der Waals surface area contributed by atoms with Crippen molar-refractivity contribution >= 4 is 16.9 Å². The first kappa shape index (κ1) is 20.7. The molecule has 6 heteroatoms. The number of rotatable bonds is 8. The maximum Gasteiger partial charge on any atom is 0.323 e. The number of fused-ring (bicyclic) bond motifs is 1. The van der Waals surface area contributed by atoms with E-state index in [0.29, 0.717) is 17.7 Å². The Kier molecular flexibility index (Phi) is 6.44. The quantitative estimate of drug-likeness (QED) is 0.427. The second-order valence-electron chi connectivity index (χ2n) is 7.25. The number of halogens is 1. The van der Waals surface area contributed by atoms with Gasteiger partial charge in [0.15, 0.2) is 5.58 Å². The molecule has 3 aromatic rings. The molecule has 0 aliphatic heterocycles. The number of carbonyl (C=O) groups is 1. The Labute approximate surface area is 169 Å². The topological polar surface area (TPSA) is 64.4 Å². The lowest BCUT2D eigenvalue weighted by Crippen LogP contribution is -2.43. The zero-order valence-corrected chi connectivity index (χ0v) is 16.8. The van der Waals surface area contributed by atoms with Crippen LogP contribution < -0.4 is 5.32 Å². The highest BCUT2D eigenvalue weighted by Gasteiger charge is 2.28. The van der Waals surface area contributed by atoms with Crippen LogP contribution in [0.2, 0.25) is 0 Å². The molecular formula is C23H25FN2O3. The zero-order chi connectivity index (χ0) is 21.0. The summed E-state index contributed by atoms with van der Waals surface area (Å²) in [5.74, 6) is -0.649. The second kappa shape index (κ2) is 9.01. The molecule has 1 heterocycles. The highest BCUT2D eigenvalue weighted by molar-refractivity contribution is 5.92. The molecular weight excluding hydrogens is 371 g/mol. The van der Waals surface area contributed by atoms with Crippen LogP contribution in [0.25, 0.3) is 22.2 Å². The molecule has 0 amide bonds. The largest absolute Gasteiger partial charge is 0.468 e. The Balaban J connectivity index is 2.06. The summed E-state index contributed by atoms with van der Waals surface area (Å²) in [5, 5.41) is 8.33. The van der Waals surface area contributed by atoms with Gasteiger partial charge in [0, 0.05) is 23.1 Å². The number of carbonyl (C=O) groups excluding carboxylic acids is 1. The summed E-state index contributed by atoms with van der Waals surface area (Å²) in [6.45, 7) is 7.79. The molecule has 0 radical (unpaired) electrons. The Morgan fingerprint density at radius 2 is 2.07 bits per heavy atom. The Morgan fingerprint density at radius 1 is 1.31 bits per heavy atom. The Morgan fingerprint density at radius 3 is 2.76 bits per heavy atom. The number of nitrogens with zero attached hydrogens (tertiary/aromatic N) is 1. The SMILES string of the molecule is C=CCC(N[C@H](C(=O)OC)C(C)C)c1ccccc1-c1noc2cc(F)ccc12. The third-order valence-corrected chi connectivity index (χ3v) is 4.93. The van der Waals surface area contributed by atoms with Gasteiger partial charge >= 0.3 is 5.97 Å². The third kappa shape index (κ3) is 4.38. The average Bonchev–Trinajstić information content (AvgIpc) is 3.13. The molecule has 0 aliphatic carbocycles. The van der Waals surface area contributed by atoms with Gasteiger partial charge in [-0.3, -0.25) is 10.1 Å². The van der Waals surface area contributed by atoms with Gasteiger partial charge in [0.05, 0.1) is 7.11 Å². The van der Waals surface area contributed by atoms with Crippen LogP contribution in [0, 0.1) is 11.7 Å². The lowest BCUT2D eigenvalue weighted by molar-refractivity contribution is -0.144. The molecule has 0 bridgehead atoms. The maximum atomic E-state index is 13.5. The number of nitrogens with one attached hydrogen (secondary N) is 1. The summed E-state index contributed by atoms with van der Waals surface area (Å²) in [7, 11) is 1.39. The molecule has 152 valence electrons. The number of hydrogen-bond acceptors (Lipinski definition) is 5. The van der Waals surface area contributed by atoms with Gasteiger partial charge in [0.2, 0.25) is 0 Å². The van der Waals surface area contributed by atoms with Crippen LogP contribution >= 0.6 is 0 Å². The molecule has 1 aromatic heterocycles. The Bertz CT molecular complexity index is 1010. The van der Waals surface area contributed by atoms with Crippen LogP contribution in [0.4, 0.5) is 4.39 Å². The van der Waals surface area contributed by atoms with Gasteiger partial charge in [-0.2, -0.15) is 0 Å². The van der Waals surface area contributed by atoms with Crippen LogP contribution in [0.15, 0.2) is 59.6 Å². The van der Waals surface area contributed by atoms with Crippen molar-refractivity contribution in [3.05, 3.63) is 66.5 Å². The predicted octanol–water partition coefficient (Wildman–Crippen LogP) is 5.04. The number of esters is 1. The number of ether oxygens (including phenoxy) is 1. The molecule has 0 spiro atoms. The van der Waals surface area contributed by atoms with Crippen molar-refractivity contribution < 1.29 is 18.4 Å². The van der Waals surface area contributed by atoms with E-state index in [1.54, 1.807) is 12.1 Å². The molecule has 3 rings (SSSR count). The minimum absolute atomic E-state index is 0.0396. The number of hydrogen-bond donors (Lipinski definition) is 1. The fourth-order valence-electron chi connectivity index (χ4n) is 3.45. The van der Waals surface area contributed by atoms with Crippen molar-refractivity contribution in [3.63, 3.8) is 0 Å². The summed E-state index contributed by atoms with van der Waals surface area (Å²) in [4.78, 5) is 12.3. The number of aromatic nitrogens is 1. The van der Waals surface area contributed by atoms with E-state index < -0.39 is 6.04 Å². The minimum Gasteiger partial charge on any atom is -0.468 e. The molecule has 29 heavy (non-hydrogen) atoms. The molecule has 0 fully saturated rings. The van der Waals surface area contributed by atoms with E-state index in [0.717, 1.165) is 16.5 Å². The van der Waals surface area contributed by atoms with Crippen molar-refractivity contribution in [3.8, 4) is 11.3 Å². The normalized spacial score (nSPS) is 13.4. The molecule has 5 nitrogen and oxygen atoms in total. The summed E-state index contributed by atoms with van der Waals surface area (Å²) in [5.41, 5.74) is 2.81. The summed E-state index contributed by atoms with van der Waals surface area (Å²) < 4.78 is 23.9. The lowest BCUT2D eigenvalue weighted by atomic mass is 9.93. The summed E-state index contributed by atoms with van der Waals surface area (Å²) >= 11 is 0. The lowest BCUT2D eigenvalue weighted by Gasteiger charge is -2.27. The summed E-state index contributed by atoms with van der Waals surface area (Å²) in [6, 6.07) is 11.5. The van der Waals surface area contributed by atoms with Crippen molar-refractivity contribution in [1.82, 2.24) is 10.5 Å². The maximum absolute atomic E-state index is 13.5. The predicted molar refractivity (Wildman–Crippen MR) is 111 cm³/mol. The van der Waals surface area contributed by atoms with Gasteiger partial charge in [-0.15, -0.1) is 6.58 Å². The van der Waals surface area contributed by atoms with Gasteiger partial charge in [-0.05, 0) is 30.0 Å². The first-order valence-electron chi connectivity index (χ1n) is 9.55. The van der Waals surface area contributed by atoms with E-state index in [1.807, 2.05) is 38.1 Å². The van der Waals surface area contributed by atoms with E-state index in [-0.39, 0.29) is 23.7 Å². The molecule has 2 atom stereocenters. The van der Waals surface area contributed by atoms with E-state index >= 15 is 0 Å². The summed E-state index contributed by atoms with van der Waals surface area (Å²) in [6.07, 6.45) is 2.40. The zero-order valence-electron chi connectivity index (χ0n) is 16.8. The van der Waals surface area contributed by atoms with Crippen LogP contribution in [0.5, 0.6) is 0 Å². The first-order valence-corrected chi connectivity index (χ1v) is 9.55. The fraction of sp³-hybridized carbons (Fsp3) is 0.304. The van der Waals surface area contributed by atoms with E-state index in [9.17, 15) is 9.18 Å². The van der Waals surface area contributed by atoms with Crippen molar-refractivity contribution in [2.45, 2.75) is 32.4 Å². The van der Waals surface area contributed by atoms with Gasteiger partial charge in [-0.25, -0.2) is 4.39 Å². The molecule has 1 N–H and O–H groups in total. The fourth-order valence-corrected chi connectivity index (χ4v) is 3.45. The first-order chi connectivity index (χ1) is 14.0. The number of methoxy groups -OCH3 is 1. The van der Waals surface area contributed by atoms with Crippen LogP contribution in [0.1, 0.15) is 31.9 Å². The average molecular weight is 396 g/mol. The number of benzene rings is 2. The van der Waals surface area contributed by atoms with Crippen molar-refractivity contribution in [1.29, 1.82) is 0 Å². The molecule has 0 saturated carbocycles. The highest BCUT2D eigenvalue weighted by atomic mass is 19.1. The monoisotopic (exact) mass is 396 g/mol. The van der Waals surface area contributed by atoms with E-state index in [4.69, 9.17) is 9.26 Å². The van der Waals surface area contributed by atoms with Gasteiger partial charge in [-0.1, -0.05) is 49.3 Å². The molecule has 2 aromatic carbocycles. The Hall–Kier alpha value is -2.99. The van der Waals surface area contributed by atoms with Crippen LogP contribution in [0.3, 0.4) is 0 Å². The van der Waals surface area contributed by atoms with Crippen LogP contribution in [-0.2, 0) is 9.53 Å². The van der Waals surface area contributed by atoms with Gasteiger partial charge in [0.1, 0.15) is 17.6 Å². The smallest absolute Gasteiger partial charge is 0.323 e. The van der Waals surface area contributed by atoms with Gasteiger partial charge in [0.25, 0.3) is 0 Å². The highest BCUT2D eigenvalue weighted by Crippen LogP contribution is 2.34. The van der Waals surface area contributed by atoms with E-state index in [2.05, 4.69) is 17.1 Å².